The second kappa shape index (κ2) is 23.6. The van der Waals surface area contributed by atoms with Crippen LogP contribution in [0.25, 0.3) is 0 Å². The average Bonchev–Trinajstić information content (AvgIpc) is 2.94. The summed E-state index contributed by atoms with van der Waals surface area (Å²) in [5, 5.41) is 0. The van der Waals surface area contributed by atoms with Crippen molar-refractivity contribution < 1.29 is 16.5 Å². The Morgan fingerprint density at radius 1 is 0.615 bits per heavy atom. The number of aryl methyl sites for hydroxylation is 2. The topological polar surface area (TPSA) is 24.7 Å². The smallest absolute Gasteiger partial charge is 0.0665 e. The van der Waals surface area contributed by atoms with Crippen LogP contribution in [0.3, 0.4) is 0 Å². The van der Waals surface area contributed by atoms with Gasteiger partial charge in [0.05, 0.1) is 17.1 Å². The molecule has 0 N–H and O–H groups in total. The van der Waals surface area contributed by atoms with Gasteiger partial charge in [-0.05, 0) is 87.5 Å². The van der Waals surface area contributed by atoms with E-state index in [-0.39, 0.29) is 16.5 Å². The molecular weight excluding hydrogens is 519 g/mol. The fourth-order valence-corrected chi connectivity index (χ4v) is 4.60. The number of benzene rings is 2. The third-order valence-corrected chi connectivity index (χ3v) is 6.82. The zero-order chi connectivity index (χ0) is 27.1. The minimum absolute atomic E-state index is 0. The first-order valence-corrected chi connectivity index (χ1v) is 15.4. The summed E-state index contributed by atoms with van der Waals surface area (Å²) in [6.07, 6.45) is 28.8. The molecule has 0 aliphatic carbocycles. The monoisotopic (exact) mass is 570 g/mol. The van der Waals surface area contributed by atoms with Crippen LogP contribution in [0.2, 0.25) is 0 Å². The molecule has 0 fully saturated rings. The van der Waals surface area contributed by atoms with Gasteiger partial charge in [-0.15, -0.1) is 0 Å². The van der Waals surface area contributed by atoms with Gasteiger partial charge in [0.1, 0.15) is 0 Å². The van der Waals surface area contributed by atoms with Gasteiger partial charge >= 0.3 is 0 Å². The maximum atomic E-state index is 5.19. The maximum Gasteiger partial charge on any atom is 0.0665 e. The average molecular weight is 572 g/mol. The Bertz CT molecular complexity index is 1000. The number of allylic oxidation sites excluding steroid dienone is 4. The predicted molar refractivity (Wildman–Crippen MR) is 171 cm³/mol. The number of nitrogens with zero attached hydrogens (tertiary/aromatic N) is 2. The molecule has 216 valence electrons. The fourth-order valence-electron chi connectivity index (χ4n) is 4.60. The van der Waals surface area contributed by atoms with Gasteiger partial charge in [0.25, 0.3) is 0 Å². The van der Waals surface area contributed by atoms with Gasteiger partial charge in [-0.2, -0.15) is 0 Å². The maximum absolute atomic E-state index is 5.19. The number of unbranched alkanes of at least 4 members (excludes halogenated alkanes) is 7. The van der Waals surface area contributed by atoms with Crippen LogP contribution in [0, 0.1) is 0 Å². The minimum atomic E-state index is 0. The van der Waals surface area contributed by atoms with E-state index in [1.165, 1.54) is 49.7 Å². The van der Waals surface area contributed by atoms with E-state index in [9.17, 15) is 0 Å². The standard InChI is InChI=1S/C36H52N2.Ni/c1-4-7-10-13-16-19-28-34(38-36-30-23-21-27-33(36)25-18-15-12-9-6-3)31-37-35-29-22-20-26-32(35)24-17-14-11-8-5-2;/h8-9,11-12,20-23,26-27,29-31H,4-7,10,13-19,24-25,28H2,1-3H3;/b11-8+,12-9+,37-31?,38-34?;. The number of hydrogen-bond donors (Lipinski definition) is 0. The van der Waals surface area contributed by atoms with Crippen LogP contribution < -0.4 is 0 Å². The minimum Gasteiger partial charge on any atom is -0.255 e. The van der Waals surface area contributed by atoms with Crippen molar-refractivity contribution in [1.29, 1.82) is 0 Å². The summed E-state index contributed by atoms with van der Waals surface area (Å²) in [6.45, 7) is 6.66. The molecule has 2 rings (SSSR count). The Balaban J connectivity index is 0.00000760. The van der Waals surface area contributed by atoms with Gasteiger partial charge in [0.15, 0.2) is 0 Å². The first-order chi connectivity index (χ1) is 18.8. The van der Waals surface area contributed by atoms with E-state index in [2.05, 4.69) is 93.6 Å². The molecule has 0 heterocycles. The first kappa shape index (κ1) is 34.8. The molecule has 0 saturated carbocycles. The SMILES string of the molecule is CC/C=C/CCCc1ccccc1N=CC(CCCCCCCC)=Nc1ccccc1CCC/C=C/CC.[Ni]. The Labute approximate surface area is 250 Å². The quantitative estimate of drug-likeness (QED) is 0.0654. The molecule has 2 aromatic carbocycles. The number of para-hydroxylation sites is 2. The summed E-state index contributed by atoms with van der Waals surface area (Å²) in [5.74, 6) is 0. The van der Waals surface area contributed by atoms with Crippen molar-refractivity contribution in [2.75, 3.05) is 0 Å². The molecule has 0 aliphatic heterocycles. The number of rotatable bonds is 20. The van der Waals surface area contributed by atoms with E-state index >= 15 is 0 Å². The molecule has 2 nitrogen and oxygen atoms in total. The Kier molecular flexibility index (Phi) is 21.1. The third-order valence-electron chi connectivity index (χ3n) is 6.82. The van der Waals surface area contributed by atoms with E-state index in [1.807, 2.05) is 6.21 Å². The van der Waals surface area contributed by atoms with Crippen LogP contribution in [-0.4, -0.2) is 11.9 Å². The van der Waals surface area contributed by atoms with Gasteiger partial charge in [0.2, 0.25) is 0 Å². The van der Waals surface area contributed by atoms with Crippen molar-refractivity contribution in [3.05, 3.63) is 84.0 Å². The molecule has 2 aromatic rings. The van der Waals surface area contributed by atoms with Crippen LogP contribution in [0.4, 0.5) is 11.4 Å². The van der Waals surface area contributed by atoms with Gasteiger partial charge in [-0.3, -0.25) is 9.98 Å². The molecule has 3 heteroatoms. The van der Waals surface area contributed by atoms with Crippen LogP contribution in [0.15, 0.2) is 82.8 Å². The van der Waals surface area contributed by atoms with Crippen LogP contribution >= 0.6 is 0 Å². The summed E-state index contributed by atoms with van der Waals surface area (Å²) < 4.78 is 0. The van der Waals surface area contributed by atoms with E-state index < -0.39 is 0 Å². The number of hydrogen-bond acceptors (Lipinski definition) is 2. The van der Waals surface area contributed by atoms with Gasteiger partial charge in [-0.1, -0.05) is 114 Å². The summed E-state index contributed by atoms with van der Waals surface area (Å²) in [5.41, 5.74) is 5.95. The van der Waals surface area contributed by atoms with E-state index in [1.54, 1.807) is 0 Å². The zero-order valence-electron chi connectivity index (χ0n) is 24.8. The molecular formula is C36H52N2Ni. The van der Waals surface area contributed by atoms with E-state index in [0.29, 0.717) is 0 Å². The Morgan fingerprint density at radius 3 is 1.77 bits per heavy atom. The Morgan fingerprint density at radius 2 is 1.15 bits per heavy atom. The summed E-state index contributed by atoms with van der Waals surface area (Å²) in [7, 11) is 0. The normalized spacial score (nSPS) is 12.1. The van der Waals surface area contributed by atoms with Crippen molar-refractivity contribution >= 4 is 23.3 Å². The van der Waals surface area contributed by atoms with E-state index in [0.717, 1.165) is 74.9 Å². The molecule has 0 aromatic heterocycles. The summed E-state index contributed by atoms with van der Waals surface area (Å²) in [6, 6.07) is 17.3. The number of aliphatic imine (C=N–C) groups is 2. The van der Waals surface area contributed by atoms with Gasteiger partial charge in [0, 0.05) is 22.7 Å². The molecule has 0 aliphatic rings. The van der Waals surface area contributed by atoms with Crippen molar-refractivity contribution in [2.24, 2.45) is 9.98 Å². The molecule has 0 unspecified atom stereocenters. The first-order valence-electron chi connectivity index (χ1n) is 15.4. The molecule has 0 atom stereocenters. The largest absolute Gasteiger partial charge is 0.255 e. The van der Waals surface area contributed by atoms with Crippen LogP contribution in [0.5, 0.6) is 0 Å². The van der Waals surface area contributed by atoms with Crippen molar-refractivity contribution in [2.45, 2.75) is 117 Å². The molecule has 0 saturated heterocycles. The second-order valence-electron chi connectivity index (χ2n) is 10.2. The van der Waals surface area contributed by atoms with Gasteiger partial charge in [-0.25, -0.2) is 0 Å². The second-order valence-corrected chi connectivity index (χ2v) is 10.2. The summed E-state index contributed by atoms with van der Waals surface area (Å²) >= 11 is 0. The molecule has 0 spiro atoms. The van der Waals surface area contributed by atoms with Crippen molar-refractivity contribution in [1.82, 2.24) is 0 Å². The van der Waals surface area contributed by atoms with Crippen molar-refractivity contribution in [3.8, 4) is 0 Å². The molecule has 0 amide bonds. The third kappa shape index (κ3) is 15.8. The van der Waals surface area contributed by atoms with Crippen LogP contribution in [-0.2, 0) is 29.3 Å². The molecule has 0 radical (unpaired) electrons. The van der Waals surface area contributed by atoms with Crippen molar-refractivity contribution in [3.63, 3.8) is 0 Å². The molecule has 0 bridgehead atoms. The van der Waals surface area contributed by atoms with Crippen LogP contribution in [0.1, 0.15) is 115 Å². The zero-order valence-corrected chi connectivity index (χ0v) is 25.8. The van der Waals surface area contributed by atoms with Gasteiger partial charge < -0.3 is 0 Å². The molecule has 39 heavy (non-hydrogen) atoms. The van der Waals surface area contributed by atoms with E-state index in [4.69, 9.17) is 9.98 Å². The Hall–Kier alpha value is -2.25. The summed E-state index contributed by atoms with van der Waals surface area (Å²) in [4.78, 5) is 10.2. The fraction of sp³-hybridized carbons (Fsp3) is 0.500. The predicted octanol–water partition coefficient (Wildman–Crippen LogP) is 11.5.